The molecule has 1 aromatic rings. The summed E-state index contributed by atoms with van der Waals surface area (Å²) in [5.74, 6) is 1.17. The van der Waals surface area contributed by atoms with E-state index in [2.05, 4.69) is 32.3 Å². The van der Waals surface area contributed by atoms with Crippen LogP contribution in [0.5, 0.6) is 5.75 Å². The van der Waals surface area contributed by atoms with Crippen molar-refractivity contribution in [2.24, 2.45) is 11.3 Å². The summed E-state index contributed by atoms with van der Waals surface area (Å²) in [5.41, 5.74) is 1.43. The Morgan fingerprint density at radius 3 is 2.52 bits per heavy atom. The lowest BCUT2D eigenvalue weighted by Gasteiger charge is -2.44. The van der Waals surface area contributed by atoms with Crippen molar-refractivity contribution < 1.29 is 13.9 Å². The van der Waals surface area contributed by atoms with E-state index in [4.69, 9.17) is 4.74 Å². The quantitative estimate of drug-likeness (QED) is 0.769. The molecule has 1 aliphatic heterocycles. The number of allylic oxidation sites excluding steroid dienone is 1. The molecule has 1 saturated heterocycles. The van der Waals surface area contributed by atoms with Crippen LogP contribution in [0, 0.1) is 17.2 Å². The van der Waals surface area contributed by atoms with Crippen molar-refractivity contribution in [1.29, 1.82) is 0 Å². The number of likely N-dealkylation sites (tertiary alicyclic amines) is 1. The number of nitrogens with zero attached hydrogens (tertiary/aromatic N) is 1. The van der Waals surface area contributed by atoms with Gasteiger partial charge in [-0.1, -0.05) is 27.4 Å². The number of rotatable bonds is 6. The van der Waals surface area contributed by atoms with Crippen molar-refractivity contribution in [3.8, 4) is 5.75 Å². The first-order valence-corrected chi connectivity index (χ1v) is 9.02. The van der Waals surface area contributed by atoms with Crippen molar-refractivity contribution >= 4 is 5.78 Å². The molecule has 136 valence electrons. The van der Waals surface area contributed by atoms with Gasteiger partial charge in [-0.15, -0.1) is 0 Å². The van der Waals surface area contributed by atoms with E-state index in [9.17, 15) is 9.18 Å². The molecule has 1 heterocycles. The lowest BCUT2D eigenvalue weighted by Crippen LogP contribution is -2.50. The van der Waals surface area contributed by atoms with E-state index >= 15 is 0 Å². The molecule has 25 heavy (non-hydrogen) atoms. The van der Waals surface area contributed by atoms with Crippen molar-refractivity contribution in [2.75, 3.05) is 19.7 Å². The maximum atomic E-state index is 13.6. The van der Waals surface area contributed by atoms with Gasteiger partial charge >= 0.3 is 0 Å². The zero-order chi connectivity index (χ0) is 18.4. The number of ketones is 1. The van der Waals surface area contributed by atoms with Gasteiger partial charge in [-0.25, -0.2) is 4.39 Å². The number of hydrogen-bond donors (Lipinski definition) is 0. The van der Waals surface area contributed by atoms with Crippen molar-refractivity contribution in [3.63, 3.8) is 0 Å². The SMILES string of the molecule is C=C(N1CC(COc2ccc(F)cc2C(C)(C)C)C1)C1(C(C)=O)CC1. The molecule has 1 aliphatic carbocycles. The van der Waals surface area contributed by atoms with Crippen LogP contribution in [-0.4, -0.2) is 30.4 Å². The van der Waals surface area contributed by atoms with Crippen molar-refractivity contribution in [1.82, 2.24) is 4.90 Å². The van der Waals surface area contributed by atoms with E-state index in [1.165, 1.54) is 6.07 Å². The third-order valence-electron chi connectivity index (χ3n) is 5.54. The zero-order valence-electron chi connectivity index (χ0n) is 15.7. The Labute approximate surface area is 149 Å². The molecular weight excluding hydrogens is 317 g/mol. The highest BCUT2D eigenvalue weighted by Gasteiger charge is 2.52. The van der Waals surface area contributed by atoms with E-state index in [1.807, 2.05) is 0 Å². The third kappa shape index (κ3) is 3.44. The molecular formula is C21H28FNO2. The van der Waals surface area contributed by atoms with Gasteiger partial charge in [0.15, 0.2) is 0 Å². The summed E-state index contributed by atoms with van der Waals surface area (Å²) in [7, 11) is 0. The number of ether oxygens (including phenoxy) is 1. The molecule has 0 N–H and O–H groups in total. The van der Waals surface area contributed by atoms with Gasteiger partial charge in [-0.05, 0) is 43.4 Å². The van der Waals surface area contributed by atoms with Crippen LogP contribution in [0.15, 0.2) is 30.5 Å². The van der Waals surface area contributed by atoms with Gasteiger partial charge < -0.3 is 9.64 Å². The second-order valence-corrected chi connectivity index (χ2v) is 8.56. The van der Waals surface area contributed by atoms with Gasteiger partial charge in [0.05, 0.1) is 12.0 Å². The number of Topliss-reactive ketones (excluding diaryl/α,β-unsaturated/α-hetero) is 1. The average molecular weight is 345 g/mol. The summed E-state index contributed by atoms with van der Waals surface area (Å²) in [6.07, 6.45) is 1.87. The molecule has 1 aromatic carbocycles. The predicted octanol–water partition coefficient (Wildman–Crippen LogP) is 4.32. The van der Waals surface area contributed by atoms with Crippen LogP contribution >= 0.6 is 0 Å². The molecule has 0 aromatic heterocycles. The van der Waals surface area contributed by atoms with Gasteiger partial charge in [0.1, 0.15) is 17.3 Å². The Morgan fingerprint density at radius 1 is 1.36 bits per heavy atom. The first-order valence-electron chi connectivity index (χ1n) is 9.02. The van der Waals surface area contributed by atoms with Gasteiger partial charge in [-0.3, -0.25) is 4.79 Å². The summed E-state index contributed by atoms with van der Waals surface area (Å²) in [6, 6.07) is 4.73. The fraction of sp³-hybridized carbons (Fsp3) is 0.571. The van der Waals surface area contributed by atoms with Gasteiger partial charge in [0.25, 0.3) is 0 Å². The Bertz CT molecular complexity index is 694. The minimum absolute atomic E-state index is 0.169. The Balaban J connectivity index is 1.55. The van der Waals surface area contributed by atoms with E-state index in [1.54, 1.807) is 19.1 Å². The highest BCUT2D eigenvalue weighted by molar-refractivity contribution is 5.88. The highest BCUT2D eigenvalue weighted by atomic mass is 19.1. The number of carbonyl (C=O) groups is 1. The molecule has 1 saturated carbocycles. The van der Waals surface area contributed by atoms with Crippen molar-refractivity contribution in [3.05, 3.63) is 41.9 Å². The molecule has 3 nitrogen and oxygen atoms in total. The molecule has 0 amide bonds. The number of benzene rings is 1. The normalized spacial score (nSPS) is 19.3. The maximum absolute atomic E-state index is 13.6. The Kier molecular flexibility index (Phi) is 4.42. The Hall–Kier alpha value is -1.84. The standard InChI is InChI=1S/C21H28FNO2/c1-14(21(8-9-21)15(2)24)23-11-16(12-23)13-25-19-7-6-17(22)10-18(19)20(3,4)5/h6-7,10,16H,1,8-9,11-13H2,2-5H3. The molecule has 4 heteroatoms. The molecule has 2 fully saturated rings. The first kappa shape index (κ1) is 18.0. The van der Waals surface area contributed by atoms with Crippen LogP contribution in [0.3, 0.4) is 0 Å². The lowest BCUT2D eigenvalue weighted by molar-refractivity contribution is -0.121. The van der Waals surface area contributed by atoms with Crippen LogP contribution in [0.25, 0.3) is 0 Å². The molecule has 0 atom stereocenters. The van der Waals surface area contributed by atoms with Crippen LogP contribution in [0.1, 0.15) is 46.1 Å². The topological polar surface area (TPSA) is 29.5 Å². The molecule has 3 rings (SSSR count). The number of halogens is 1. The fourth-order valence-corrected chi connectivity index (χ4v) is 3.59. The minimum atomic E-state index is -0.276. The van der Waals surface area contributed by atoms with Crippen LogP contribution in [0.4, 0.5) is 4.39 Å². The summed E-state index contributed by atoms with van der Waals surface area (Å²) in [4.78, 5) is 14.0. The predicted molar refractivity (Wildman–Crippen MR) is 97.1 cm³/mol. The second-order valence-electron chi connectivity index (χ2n) is 8.56. The van der Waals surface area contributed by atoms with Crippen LogP contribution < -0.4 is 4.74 Å². The number of carbonyl (C=O) groups excluding carboxylic acids is 1. The summed E-state index contributed by atoms with van der Waals surface area (Å²) in [5, 5.41) is 0. The molecule has 2 aliphatic rings. The molecule has 0 bridgehead atoms. The highest BCUT2D eigenvalue weighted by Crippen LogP contribution is 2.54. The summed E-state index contributed by atoms with van der Waals surface area (Å²) >= 11 is 0. The smallest absolute Gasteiger partial charge is 0.141 e. The van der Waals surface area contributed by atoms with E-state index in [0.717, 1.165) is 42.9 Å². The fourth-order valence-electron chi connectivity index (χ4n) is 3.59. The van der Waals surface area contributed by atoms with Crippen LogP contribution in [0.2, 0.25) is 0 Å². The van der Waals surface area contributed by atoms with E-state index < -0.39 is 0 Å². The second kappa shape index (κ2) is 6.15. The zero-order valence-corrected chi connectivity index (χ0v) is 15.7. The number of hydrogen-bond acceptors (Lipinski definition) is 3. The molecule has 0 unspecified atom stereocenters. The van der Waals surface area contributed by atoms with Crippen LogP contribution in [-0.2, 0) is 10.2 Å². The Morgan fingerprint density at radius 2 is 2.00 bits per heavy atom. The molecule has 0 spiro atoms. The summed E-state index contributed by atoms with van der Waals surface area (Å²) < 4.78 is 19.6. The monoisotopic (exact) mass is 345 g/mol. The van der Waals surface area contributed by atoms with Gasteiger partial charge in [0, 0.05) is 30.3 Å². The molecule has 0 radical (unpaired) electrons. The van der Waals surface area contributed by atoms with Gasteiger partial charge in [-0.2, -0.15) is 0 Å². The van der Waals surface area contributed by atoms with Crippen molar-refractivity contribution in [2.45, 2.75) is 46.0 Å². The van der Waals surface area contributed by atoms with E-state index in [-0.39, 0.29) is 22.4 Å². The van der Waals surface area contributed by atoms with E-state index in [0.29, 0.717) is 12.5 Å². The largest absolute Gasteiger partial charge is 0.493 e. The van der Waals surface area contributed by atoms with Gasteiger partial charge in [0.2, 0.25) is 0 Å². The average Bonchev–Trinajstić information content (AvgIpc) is 3.27. The lowest BCUT2D eigenvalue weighted by atomic mass is 9.86. The third-order valence-corrected chi connectivity index (χ3v) is 5.54. The minimum Gasteiger partial charge on any atom is -0.493 e. The first-order chi connectivity index (χ1) is 11.6. The summed E-state index contributed by atoms with van der Waals surface area (Å²) in [6.45, 7) is 14.4. The maximum Gasteiger partial charge on any atom is 0.141 e.